The Morgan fingerprint density at radius 2 is 1.76 bits per heavy atom. The maximum Gasteiger partial charge on any atom is 0.307 e. The van der Waals surface area contributed by atoms with Crippen LogP contribution in [0.5, 0.6) is 0 Å². The van der Waals surface area contributed by atoms with Crippen LogP contribution in [0.2, 0.25) is 0 Å². The van der Waals surface area contributed by atoms with Crippen LogP contribution in [0.4, 0.5) is 5.69 Å². The molecular weight excluding hydrogens is 318 g/mol. The molecule has 0 radical (unpaired) electrons. The predicted octanol–water partition coefficient (Wildman–Crippen LogP) is 3.53. The van der Waals surface area contributed by atoms with Gasteiger partial charge in [-0.05, 0) is 43.2 Å². The first-order valence-corrected chi connectivity index (χ1v) is 8.06. The van der Waals surface area contributed by atoms with Crippen molar-refractivity contribution in [1.29, 1.82) is 0 Å². The number of benzene rings is 2. The normalized spacial score (nSPS) is 10.3. The zero-order valence-corrected chi connectivity index (χ0v) is 14.3. The molecule has 0 aliphatic heterocycles. The van der Waals surface area contributed by atoms with E-state index in [9.17, 15) is 14.4 Å². The molecule has 2 aromatic rings. The quantitative estimate of drug-likeness (QED) is 0.756. The summed E-state index contributed by atoms with van der Waals surface area (Å²) in [6.45, 7) is 3.80. The van der Waals surface area contributed by atoms with Crippen LogP contribution in [-0.2, 0) is 16.0 Å². The van der Waals surface area contributed by atoms with E-state index in [1.54, 1.807) is 24.3 Å². The summed E-state index contributed by atoms with van der Waals surface area (Å²) in [7, 11) is 0. The van der Waals surface area contributed by atoms with Gasteiger partial charge in [0.1, 0.15) is 0 Å². The average molecular weight is 339 g/mol. The number of Topliss-reactive ketones (excluding diaryl/α,β-unsaturated/α-hetero) is 1. The number of nitrogens with one attached hydrogen (secondary N) is 1. The number of carbonyl (C=O) groups is 3. The van der Waals surface area contributed by atoms with Gasteiger partial charge in [0.25, 0.3) is 0 Å². The first kappa shape index (κ1) is 18.4. The van der Waals surface area contributed by atoms with Crippen molar-refractivity contribution >= 4 is 23.3 Å². The first-order valence-electron chi connectivity index (χ1n) is 8.06. The number of amides is 1. The Morgan fingerprint density at radius 3 is 2.48 bits per heavy atom. The topological polar surface area (TPSA) is 83.5 Å². The smallest absolute Gasteiger partial charge is 0.307 e. The van der Waals surface area contributed by atoms with Crippen LogP contribution in [0.1, 0.15) is 39.9 Å². The van der Waals surface area contributed by atoms with Crippen LogP contribution in [0.25, 0.3) is 0 Å². The van der Waals surface area contributed by atoms with E-state index in [2.05, 4.69) is 5.32 Å². The molecule has 1 amide bonds. The SMILES string of the molecule is Cc1ccc(C)c(C(=O)CCC(=O)Nc2cccc(CC(=O)O)c2)c1. The van der Waals surface area contributed by atoms with Crippen molar-refractivity contribution in [3.8, 4) is 0 Å². The minimum absolute atomic E-state index is 0.0593. The van der Waals surface area contributed by atoms with Gasteiger partial charge < -0.3 is 10.4 Å². The van der Waals surface area contributed by atoms with Gasteiger partial charge in [-0.3, -0.25) is 14.4 Å². The van der Waals surface area contributed by atoms with Crippen molar-refractivity contribution in [2.45, 2.75) is 33.1 Å². The van der Waals surface area contributed by atoms with Crippen LogP contribution in [-0.4, -0.2) is 22.8 Å². The van der Waals surface area contributed by atoms with Crippen molar-refractivity contribution in [3.63, 3.8) is 0 Å². The number of carbonyl (C=O) groups excluding carboxylic acids is 2. The van der Waals surface area contributed by atoms with E-state index >= 15 is 0 Å². The van der Waals surface area contributed by atoms with Gasteiger partial charge in [0, 0.05) is 24.1 Å². The minimum Gasteiger partial charge on any atom is -0.481 e. The second kappa shape index (κ2) is 8.24. The van der Waals surface area contributed by atoms with Crippen LogP contribution in [0.3, 0.4) is 0 Å². The molecule has 0 aliphatic rings. The Hall–Kier alpha value is -2.95. The van der Waals surface area contributed by atoms with Crippen molar-refractivity contribution in [2.24, 2.45) is 0 Å². The predicted molar refractivity (Wildman–Crippen MR) is 95.9 cm³/mol. The summed E-state index contributed by atoms with van der Waals surface area (Å²) >= 11 is 0. The highest BCUT2D eigenvalue weighted by Gasteiger charge is 2.12. The molecule has 0 aliphatic carbocycles. The molecule has 0 spiro atoms. The highest BCUT2D eigenvalue weighted by molar-refractivity contribution is 6.01. The maximum atomic E-state index is 12.3. The monoisotopic (exact) mass is 339 g/mol. The second-order valence-electron chi connectivity index (χ2n) is 6.06. The van der Waals surface area contributed by atoms with Gasteiger partial charge in [0.05, 0.1) is 6.42 Å². The van der Waals surface area contributed by atoms with Gasteiger partial charge in [-0.2, -0.15) is 0 Å². The third kappa shape index (κ3) is 5.57. The summed E-state index contributed by atoms with van der Waals surface area (Å²) in [6, 6.07) is 12.4. The van der Waals surface area contributed by atoms with Crippen molar-refractivity contribution in [2.75, 3.05) is 5.32 Å². The van der Waals surface area contributed by atoms with Gasteiger partial charge >= 0.3 is 5.97 Å². The molecule has 130 valence electrons. The Morgan fingerprint density at radius 1 is 1.00 bits per heavy atom. The summed E-state index contributed by atoms with van der Waals surface area (Å²) < 4.78 is 0. The van der Waals surface area contributed by atoms with Crippen LogP contribution < -0.4 is 5.32 Å². The molecule has 5 heteroatoms. The molecule has 2 N–H and O–H groups in total. The number of anilines is 1. The molecule has 0 saturated carbocycles. The molecule has 0 heterocycles. The molecule has 25 heavy (non-hydrogen) atoms. The standard InChI is InChI=1S/C20H21NO4/c1-13-6-7-14(2)17(10-13)18(22)8-9-19(23)21-16-5-3-4-15(11-16)12-20(24)25/h3-7,10-11H,8-9,12H2,1-2H3,(H,21,23)(H,24,25). The zero-order chi connectivity index (χ0) is 18.4. The molecule has 0 atom stereocenters. The van der Waals surface area contributed by atoms with Gasteiger partial charge in [0.2, 0.25) is 5.91 Å². The van der Waals surface area contributed by atoms with E-state index in [1.165, 1.54) is 0 Å². The van der Waals surface area contributed by atoms with Crippen LogP contribution >= 0.6 is 0 Å². The third-order valence-electron chi connectivity index (χ3n) is 3.84. The molecule has 2 rings (SSSR count). The highest BCUT2D eigenvalue weighted by atomic mass is 16.4. The van der Waals surface area contributed by atoms with Gasteiger partial charge in [-0.1, -0.05) is 29.8 Å². The van der Waals surface area contributed by atoms with E-state index in [1.807, 2.05) is 32.0 Å². The molecule has 5 nitrogen and oxygen atoms in total. The number of hydrogen-bond acceptors (Lipinski definition) is 3. The first-order chi connectivity index (χ1) is 11.8. The molecule has 0 aromatic heterocycles. The summed E-state index contributed by atoms with van der Waals surface area (Å²) in [6.07, 6.45) is 0.106. The minimum atomic E-state index is -0.928. The number of aliphatic carboxylic acids is 1. The summed E-state index contributed by atoms with van der Waals surface area (Å²) in [5.41, 5.74) is 3.70. The molecular formula is C20H21NO4. The maximum absolute atomic E-state index is 12.3. The van der Waals surface area contributed by atoms with Crippen molar-refractivity contribution in [3.05, 3.63) is 64.7 Å². The van der Waals surface area contributed by atoms with Crippen molar-refractivity contribution < 1.29 is 19.5 Å². The lowest BCUT2D eigenvalue weighted by atomic mass is 9.99. The molecule has 2 aromatic carbocycles. The fourth-order valence-electron chi connectivity index (χ4n) is 2.56. The van der Waals surface area contributed by atoms with E-state index in [0.717, 1.165) is 11.1 Å². The fraction of sp³-hybridized carbons (Fsp3) is 0.250. The van der Waals surface area contributed by atoms with Gasteiger partial charge in [-0.15, -0.1) is 0 Å². The number of carboxylic acids is 1. The number of hydrogen-bond donors (Lipinski definition) is 2. The Bertz CT molecular complexity index is 811. The summed E-state index contributed by atoms with van der Waals surface area (Å²) in [5, 5.41) is 11.5. The number of ketones is 1. The van der Waals surface area contributed by atoms with Crippen molar-refractivity contribution in [1.82, 2.24) is 0 Å². The van der Waals surface area contributed by atoms with E-state index in [-0.39, 0.29) is 31.0 Å². The number of aryl methyl sites for hydroxylation is 2. The third-order valence-corrected chi connectivity index (χ3v) is 3.84. The summed E-state index contributed by atoms with van der Waals surface area (Å²) in [4.78, 5) is 35.1. The largest absolute Gasteiger partial charge is 0.481 e. The second-order valence-corrected chi connectivity index (χ2v) is 6.06. The molecule has 0 saturated heterocycles. The van der Waals surface area contributed by atoms with Crippen LogP contribution in [0.15, 0.2) is 42.5 Å². The zero-order valence-electron chi connectivity index (χ0n) is 14.3. The summed E-state index contributed by atoms with van der Waals surface area (Å²) in [5.74, 6) is -1.26. The number of rotatable bonds is 7. The molecule has 0 fully saturated rings. The lowest BCUT2D eigenvalue weighted by Gasteiger charge is -2.08. The highest BCUT2D eigenvalue weighted by Crippen LogP contribution is 2.15. The van der Waals surface area contributed by atoms with Gasteiger partial charge in [0.15, 0.2) is 5.78 Å². The number of carboxylic acid groups (broad SMARTS) is 1. The Labute approximate surface area is 146 Å². The lowest BCUT2D eigenvalue weighted by molar-refractivity contribution is -0.136. The van der Waals surface area contributed by atoms with Gasteiger partial charge in [-0.25, -0.2) is 0 Å². The lowest BCUT2D eigenvalue weighted by Crippen LogP contribution is -2.14. The van der Waals surface area contributed by atoms with E-state index in [4.69, 9.17) is 5.11 Å². The van der Waals surface area contributed by atoms with E-state index < -0.39 is 5.97 Å². The molecule has 0 unspecified atom stereocenters. The Kier molecular flexibility index (Phi) is 6.06. The Balaban J connectivity index is 1.93. The molecule has 0 bridgehead atoms. The van der Waals surface area contributed by atoms with E-state index in [0.29, 0.717) is 16.8 Å². The average Bonchev–Trinajstić information content (AvgIpc) is 2.54. The fourth-order valence-corrected chi connectivity index (χ4v) is 2.56. The van der Waals surface area contributed by atoms with Crippen LogP contribution in [0, 0.1) is 13.8 Å².